The molecule has 1 heterocycles. The summed E-state index contributed by atoms with van der Waals surface area (Å²) in [4.78, 5) is 20.1. The predicted octanol–water partition coefficient (Wildman–Crippen LogP) is 5.16. The van der Waals surface area contributed by atoms with Crippen molar-refractivity contribution in [2.24, 2.45) is 0 Å². The topological polar surface area (TPSA) is 45.8 Å². The van der Waals surface area contributed by atoms with Gasteiger partial charge in [-0.3, -0.25) is 4.79 Å². The van der Waals surface area contributed by atoms with Gasteiger partial charge in [-0.1, -0.05) is 84.6 Å². The molecule has 4 aromatic rings. The molecule has 1 aromatic heterocycles. The minimum atomic E-state index is -0.0487. The van der Waals surface area contributed by atoms with Crippen molar-refractivity contribution in [1.29, 1.82) is 0 Å². The predicted molar refractivity (Wildman–Crippen MR) is 117 cm³/mol. The van der Waals surface area contributed by atoms with Crippen LogP contribution in [0.25, 0.3) is 10.8 Å². The van der Waals surface area contributed by atoms with Crippen LogP contribution in [0.3, 0.4) is 0 Å². The fourth-order valence-electron chi connectivity index (χ4n) is 3.33. The molecule has 3 aromatic carbocycles. The van der Waals surface area contributed by atoms with Gasteiger partial charge in [0.05, 0.1) is 5.69 Å². The number of rotatable bonds is 6. The first kappa shape index (κ1) is 18.5. The Morgan fingerprint density at radius 3 is 2.54 bits per heavy atom. The third-order valence-corrected chi connectivity index (χ3v) is 5.82. The highest BCUT2D eigenvalue weighted by molar-refractivity contribution is 7.99. The van der Waals surface area contributed by atoms with Crippen LogP contribution in [0.15, 0.2) is 82.7 Å². The first-order valence-corrected chi connectivity index (χ1v) is 10.4. The van der Waals surface area contributed by atoms with E-state index >= 15 is 0 Å². The van der Waals surface area contributed by atoms with Crippen LogP contribution in [-0.4, -0.2) is 15.7 Å². The molecule has 0 saturated carbocycles. The summed E-state index contributed by atoms with van der Waals surface area (Å²) in [6.07, 6.45) is 1.60. The van der Waals surface area contributed by atoms with Gasteiger partial charge in [-0.05, 0) is 35.2 Å². The molecule has 0 unspecified atom stereocenters. The average Bonchev–Trinajstić information content (AvgIpc) is 2.73. The summed E-state index contributed by atoms with van der Waals surface area (Å²) >= 11 is 1.60. The van der Waals surface area contributed by atoms with E-state index in [2.05, 4.69) is 53.5 Å². The molecule has 140 valence electrons. The molecule has 0 bridgehead atoms. The Morgan fingerprint density at radius 1 is 0.929 bits per heavy atom. The van der Waals surface area contributed by atoms with Crippen molar-refractivity contribution in [3.05, 3.63) is 106 Å². The monoisotopic (exact) mass is 386 g/mol. The Bertz CT molecular complexity index is 1150. The van der Waals surface area contributed by atoms with E-state index in [0.29, 0.717) is 17.1 Å². The molecule has 0 spiro atoms. The van der Waals surface area contributed by atoms with Crippen LogP contribution in [0, 0.1) is 6.92 Å². The summed E-state index contributed by atoms with van der Waals surface area (Å²) in [5, 5.41) is 3.12. The Morgan fingerprint density at radius 2 is 1.68 bits per heavy atom. The fraction of sp³-hybridized carbons (Fsp3) is 0.167. The van der Waals surface area contributed by atoms with Gasteiger partial charge in [0.2, 0.25) is 0 Å². The summed E-state index contributed by atoms with van der Waals surface area (Å²) < 4.78 is 0. The standard InChI is InChI=1S/C24H22N2OS/c1-17-22(16-20-12-7-11-19-10-5-6-13-21(19)20)25-24(26-23(17)27)28-15-14-18-8-3-2-4-9-18/h2-13H,14-16H2,1H3,(H,25,26,27). The van der Waals surface area contributed by atoms with Crippen LogP contribution >= 0.6 is 11.8 Å². The van der Waals surface area contributed by atoms with Crippen LogP contribution in [-0.2, 0) is 12.8 Å². The minimum Gasteiger partial charge on any atom is -0.301 e. The number of aromatic amines is 1. The van der Waals surface area contributed by atoms with E-state index in [-0.39, 0.29) is 5.56 Å². The normalized spacial score (nSPS) is 11.0. The van der Waals surface area contributed by atoms with Crippen LogP contribution in [0.2, 0.25) is 0 Å². The van der Waals surface area contributed by atoms with Gasteiger partial charge in [0, 0.05) is 17.7 Å². The fourth-order valence-corrected chi connectivity index (χ4v) is 4.20. The summed E-state index contributed by atoms with van der Waals surface area (Å²) in [6.45, 7) is 1.85. The van der Waals surface area contributed by atoms with Crippen molar-refractivity contribution in [2.45, 2.75) is 24.9 Å². The zero-order chi connectivity index (χ0) is 19.3. The first-order valence-electron chi connectivity index (χ1n) is 9.44. The van der Waals surface area contributed by atoms with Gasteiger partial charge in [-0.25, -0.2) is 4.98 Å². The highest BCUT2D eigenvalue weighted by Crippen LogP contribution is 2.22. The number of aromatic nitrogens is 2. The third kappa shape index (κ3) is 4.18. The molecule has 28 heavy (non-hydrogen) atoms. The number of nitrogens with zero attached hydrogens (tertiary/aromatic N) is 1. The Kier molecular flexibility index (Phi) is 5.58. The Hall–Kier alpha value is -2.85. The van der Waals surface area contributed by atoms with Gasteiger partial charge >= 0.3 is 0 Å². The van der Waals surface area contributed by atoms with Crippen molar-refractivity contribution < 1.29 is 0 Å². The van der Waals surface area contributed by atoms with E-state index in [4.69, 9.17) is 4.98 Å². The molecule has 0 aliphatic rings. The maximum absolute atomic E-state index is 12.4. The second-order valence-corrected chi connectivity index (χ2v) is 7.93. The highest BCUT2D eigenvalue weighted by Gasteiger charge is 2.11. The van der Waals surface area contributed by atoms with E-state index < -0.39 is 0 Å². The highest BCUT2D eigenvalue weighted by atomic mass is 32.2. The molecule has 0 radical (unpaired) electrons. The lowest BCUT2D eigenvalue weighted by atomic mass is 9.99. The minimum absolute atomic E-state index is 0.0487. The van der Waals surface area contributed by atoms with Crippen LogP contribution in [0.5, 0.6) is 0 Å². The molecule has 0 aliphatic carbocycles. The van der Waals surface area contributed by atoms with Gasteiger partial charge < -0.3 is 4.98 Å². The largest absolute Gasteiger partial charge is 0.301 e. The molecule has 1 N–H and O–H groups in total. The summed E-state index contributed by atoms with van der Waals surface area (Å²) in [6, 6.07) is 25.0. The number of hydrogen-bond acceptors (Lipinski definition) is 3. The molecule has 0 aliphatic heterocycles. The molecule has 0 fully saturated rings. The van der Waals surface area contributed by atoms with E-state index in [9.17, 15) is 4.79 Å². The number of fused-ring (bicyclic) bond motifs is 1. The SMILES string of the molecule is Cc1c(Cc2cccc3ccccc23)nc(SCCc2ccccc2)[nH]c1=O. The molecule has 4 rings (SSSR count). The smallest absolute Gasteiger partial charge is 0.254 e. The van der Waals surface area contributed by atoms with E-state index in [1.807, 2.05) is 31.2 Å². The third-order valence-electron chi connectivity index (χ3n) is 4.94. The second kappa shape index (κ2) is 8.44. The van der Waals surface area contributed by atoms with Crippen LogP contribution in [0.1, 0.15) is 22.4 Å². The van der Waals surface area contributed by atoms with E-state index in [0.717, 1.165) is 17.9 Å². The van der Waals surface area contributed by atoms with Gasteiger partial charge in [-0.15, -0.1) is 0 Å². The maximum Gasteiger partial charge on any atom is 0.254 e. The number of aryl methyl sites for hydroxylation is 1. The summed E-state index contributed by atoms with van der Waals surface area (Å²) in [7, 11) is 0. The molecule has 0 atom stereocenters. The summed E-state index contributed by atoms with van der Waals surface area (Å²) in [5.74, 6) is 0.879. The lowest BCUT2D eigenvalue weighted by molar-refractivity contribution is 0.859. The number of thioether (sulfide) groups is 1. The quantitative estimate of drug-likeness (QED) is 0.368. The average molecular weight is 387 g/mol. The van der Waals surface area contributed by atoms with Gasteiger partial charge in [-0.2, -0.15) is 0 Å². The molecule has 4 heteroatoms. The zero-order valence-corrected chi connectivity index (χ0v) is 16.6. The van der Waals surface area contributed by atoms with E-state index in [1.54, 1.807) is 11.8 Å². The van der Waals surface area contributed by atoms with Crippen molar-refractivity contribution in [3.8, 4) is 0 Å². The van der Waals surface area contributed by atoms with Crippen LogP contribution < -0.4 is 5.56 Å². The van der Waals surface area contributed by atoms with E-state index in [1.165, 1.54) is 21.9 Å². The first-order chi connectivity index (χ1) is 13.7. The van der Waals surface area contributed by atoms with Gasteiger partial charge in [0.15, 0.2) is 5.16 Å². The number of benzene rings is 3. The lowest BCUT2D eigenvalue weighted by Gasteiger charge is -2.10. The maximum atomic E-state index is 12.4. The zero-order valence-electron chi connectivity index (χ0n) is 15.8. The molecular formula is C24H22N2OS. The van der Waals surface area contributed by atoms with Crippen LogP contribution in [0.4, 0.5) is 0 Å². The summed E-state index contributed by atoms with van der Waals surface area (Å²) in [5.41, 5.74) is 3.98. The molecule has 0 amide bonds. The van der Waals surface area contributed by atoms with Crippen molar-refractivity contribution in [1.82, 2.24) is 9.97 Å². The number of hydrogen-bond donors (Lipinski definition) is 1. The van der Waals surface area contributed by atoms with Crippen molar-refractivity contribution >= 4 is 22.5 Å². The lowest BCUT2D eigenvalue weighted by Crippen LogP contribution is -2.16. The number of H-pyrrole nitrogens is 1. The second-order valence-electron chi connectivity index (χ2n) is 6.84. The van der Waals surface area contributed by atoms with Gasteiger partial charge in [0.1, 0.15) is 0 Å². The molecular weight excluding hydrogens is 364 g/mol. The van der Waals surface area contributed by atoms with Gasteiger partial charge in [0.25, 0.3) is 5.56 Å². The number of nitrogens with one attached hydrogen (secondary N) is 1. The Balaban J connectivity index is 1.56. The Labute approximate surface area is 168 Å². The molecule has 3 nitrogen and oxygen atoms in total. The van der Waals surface area contributed by atoms with Crippen molar-refractivity contribution in [3.63, 3.8) is 0 Å². The van der Waals surface area contributed by atoms with Crippen molar-refractivity contribution in [2.75, 3.05) is 5.75 Å². The molecule has 0 saturated heterocycles.